The Kier molecular flexibility index (Phi) is 4.48. The number of nitrogens with zero attached hydrogens (tertiary/aromatic N) is 1. The fourth-order valence-corrected chi connectivity index (χ4v) is 3.80. The molecule has 0 aliphatic carbocycles. The molecule has 3 rings (SSSR count). The summed E-state index contributed by atoms with van der Waals surface area (Å²) in [5.41, 5.74) is 3.77. The fraction of sp³-hybridized carbons (Fsp3) is 0.294. The fourth-order valence-electron chi connectivity index (χ4n) is 2.47. The molecule has 4 heteroatoms. The Morgan fingerprint density at radius 3 is 3.00 bits per heavy atom. The molecule has 0 amide bonds. The third kappa shape index (κ3) is 3.23. The minimum absolute atomic E-state index is 0.651. The van der Waals surface area contributed by atoms with Crippen LogP contribution in [0.4, 0.5) is 0 Å². The molecule has 0 atom stereocenters. The average Bonchev–Trinajstić information content (AvgIpc) is 2.85. The van der Waals surface area contributed by atoms with E-state index in [0.29, 0.717) is 6.61 Å². The zero-order chi connectivity index (χ0) is 14.8. The summed E-state index contributed by atoms with van der Waals surface area (Å²) in [6.07, 6.45) is 3.38. The number of thiophene rings is 1. The molecule has 0 saturated carbocycles. The number of fused-ring (bicyclic) bond motifs is 2. The van der Waals surface area contributed by atoms with Crippen LogP contribution in [0.1, 0.15) is 22.4 Å². The molecule has 2 aromatic rings. The highest BCUT2D eigenvalue weighted by atomic mass is 79.9. The maximum absolute atomic E-state index is 5.98. The highest BCUT2D eigenvalue weighted by Crippen LogP contribution is 2.40. The van der Waals surface area contributed by atoms with Gasteiger partial charge in [0.25, 0.3) is 0 Å². The summed E-state index contributed by atoms with van der Waals surface area (Å²) in [5, 5.41) is 2.15. The lowest BCUT2D eigenvalue weighted by Gasteiger charge is -2.11. The molecule has 110 valence electrons. The van der Waals surface area contributed by atoms with Crippen LogP contribution in [0.2, 0.25) is 0 Å². The van der Waals surface area contributed by atoms with Crippen LogP contribution in [-0.4, -0.2) is 25.5 Å². The Morgan fingerprint density at radius 1 is 1.33 bits per heavy atom. The van der Waals surface area contributed by atoms with Crippen LogP contribution >= 0.6 is 27.3 Å². The zero-order valence-electron chi connectivity index (χ0n) is 12.2. The first-order valence-corrected chi connectivity index (χ1v) is 8.67. The van der Waals surface area contributed by atoms with Crippen LogP contribution in [0, 0.1) is 0 Å². The average molecular weight is 364 g/mol. The highest BCUT2D eigenvalue weighted by Gasteiger charge is 2.20. The summed E-state index contributed by atoms with van der Waals surface area (Å²) in [6.45, 7) is 1.70. The molecule has 1 aromatic heterocycles. The van der Waals surface area contributed by atoms with Crippen molar-refractivity contribution in [3.05, 3.63) is 56.2 Å². The van der Waals surface area contributed by atoms with Crippen molar-refractivity contribution in [3.63, 3.8) is 0 Å². The van der Waals surface area contributed by atoms with E-state index in [1.54, 1.807) is 11.3 Å². The number of rotatable bonds is 3. The molecule has 0 saturated heterocycles. The molecular formula is C17H18BrNOS. The Bertz CT molecular complexity index is 675. The van der Waals surface area contributed by atoms with E-state index in [2.05, 4.69) is 64.6 Å². The van der Waals surface area contributed by atoms with E-state index in [4.69, 9.17) is 4.74 Å². The van der Waals surface area contributed by atoms with Crippen molar-refractivity contribution in [3.8, 4) is 5.75 Å². The van der Waals surface area contributed by atoms with E-state index >= 15 is 0 Å². The maximum atomic E-state index is 5.98. The van der Waals surface area contributed by atoms with Crippen molar-refractivity contribution in [2.45, 2.75) is 13.0 Å². The monoisotopic (exact) mass is 363 g/mol. The van der Waals surface area contributed by atoms with Crippen molar-refractivity contribution in [2.24, 2.45) is 0 Å². The Hall–Kier alpha value is -1.10. The van der Waals surface area contributed by atoms with Crippen LogP contribution in [0.25, 0.3) is 5.57 Å². The van der Waals surface area contributed by atoms with Crippen LogP contribution in [0.5, 0.6) is 5.75 Å². The smallest absolute Gasteiger partial charge is 0.127 e. The SMILES string of the molecule is CN(C)CCC=C1c2cc(Br)ccc2OCc2ccsc21. The predicted octanol–water partition coefficient (Wildman–Crippen LogP) is 4.79. The standard InChI is InChI=1S/C17H18BrNOS/c1-19(2)8-3-4-14-15-10-13(18)5-6-16(15)20-11-12-7-9-21-17(12)14/h4-7,9-10H,3,8,11H2,1-2H3. The summed E-state index contributed by atoms with van der Waals surface area (Å²) in [6, 6.07) is 8.41. The summed E-state index contributed by atoms with van der Waals surface area (Å²) < 4.78 is 7.07. The van der Waals surface area contributed by atoms with Crippen molar-refractivity contribution in [1.82, 2.24) is 4.90 Å². The Morgan fingerprint density at radius 2 is 2.19 bits per heavy atom. The van der Waals surface area contributed by atoms with Gasteiger partial charge in [-0.05, 0) is 55.7 Å². The third-order valence-corrected chi connectivity index (χ3v) is 5.01. The van der Waals surface area contributed by atoms with Gasteiger partial charge in [-0.15, -0.1) is 11.3 Å². The van der Waals surface area contributed by atoms with E-state index in [0.717, 1.165) is 23.2 Å². The molecule has 0 unspecified atom stereocenters. The van der Waals surface area contributed by atoms with Gasteiger partial charge in [0.15, 0.2) is 0 Å². The molecule has 1 aromatic carbocycles. The van der Waals surface area contributed by atoms with Crippen LogP contribution < -0.4 is 4.74 Å². The summed E-state index contributed by atoms with van der Waals surface area (Å²) in [7, 11) is 4.21. The van der Waals surface area contributed by atoms with Gasteiger partial charge in [0.1, 0.15) is 12.4 Å². The highest BCUT2D eigenvalue weighted by molar-refractivity contribution is 9.10. The molecule has 2 heterocycles. The van der Waals surface area contributed by atoms with Crippen LogP contribution in [0.15, 0.2) is 40.2 Å². The molecule has 2 nitrogen and oxygen atoms in total. The molecule has 1 aliphatic heterocycles. The van der Waals surface area contributed by atoms with Crippen molar-refractivity contribution < 1.29 is 4.74 Å². The molecule has 21 heavy (non-hydrogen) atoms. The quantitative estimate of drug-likeness (QED) is 0.777. The van der Waals surface area contributed by atoms with E-state index in [1.807, 2.05) is 6.07 Å². The number of benzene rings is 1. The first kappa shape index (κ1) is 14.8. The van der Waals surface area contributed by atoms with Crippen molar-refractivity contribution in [2.75, 3.05) is 20.6 Å². The molecular weight excluding hydrogens is 346 g/mol. The topological polar surface area (TPSA) is 12.5 Å². The van der Waals surface area contributed by atoms with Crippen LogP contribution in [0.3, 0.4) is 0 Å². The second kappa shape index (κ2) is 6.34. The van der Waals surface area contributed by atoms with Gasteiger partial charge in [-0.3, -0.25) is 0 Å². The van der Waals surface area contributed by atoms with Gasteiger partial charge in [-0.1, -0.05) is 22.0 Å². The normalized spacial score (nSPS) is 15.5. The summed E-state index contributed by atoms with van der Waals surface area (Å²) >= 11 is 5.38. The maximum Gasteiger partial charge on any atom is 0.127 e. The molecule has 0 spiro atoms. The lowest BCUT2D eigenvalue weighted by Crippen LogP contribution is -2.12. The summed E-state index contributed by atoms with van der Waals surface area (Å²) in [4.78, 5) is 3.55. The molecule has 1 aliphatic rings. The van der Waals surface area contributed by atoms with E-state index in [9.17, 15) is 0 Å². The minimum atomic E-state index is 0.651. The van der Waals surface area contributed by atoms with E-state index in [-0.39, 0.29) is 0 Å². The minimum Gasteiger partial charge on any atom is -0.488 e. The van der Waals surface area contributed by atoms with Gasteiger partial charge in [-0.25, -0.2) is 0 Å². The van der Waals surface area contributed by atoms with Gasteiger partial charge >= 0.3 is 0 Å². The Labute approximate surface area is 138 Å². The Balaban J connectivity index is 2.06. The number of ether oxygens (including phenoxy) is 1. The zero-order valence-corrected chi connectivity index (χ0v) is 14.6. The third-order valence-electron chi connectivity index (χ3n) is 3.53. The number of hydrogen-bond acceptors (Lipinski definition) is 3. The van der Waals surface area contributed by atoms with Gasteiger partial charge in [0, 0.05) is 27.0 Å². The lowest BCUT2D eigenvalue weighted by molar-refractivity contribution is 0.307. The molecule has 0 radical (unpaired) electrons. The summed E-state index contributed by atoms with van der Waals surface area (Å²) in [5.74, 6) is 0.970. The van der Waals surface area contributed by atoms with E-state index in [1.165, 1.54) is 21.6 Å². The molecule has 0 N–H and O–H groups in total. The second-order valence-electron chi connectivity index (χ2n) is 5.41. The lowest BCUT2D eigenvalue weighted by atomic mass is 10.0. The van der Waals surface area contributed by atoms with Crippen LogP contribution in [-0.2, 0) is 6.61 Å². The number of halogens is 1. The number of hydrogen-bond donors (Lipinski definition) is 0. The predicted molar refractivity (Wildman–Crippen MR) is 93.0 cm³/mol. The molecule has 0 fully saturated rings. The largest absolute Gasteiger partial charge is 0.488 e. The van der Waals surface area contributed by atoms with Crippen molar-refractivity contribution >= 4 is 32.8 Å². The van der Waals surface area contributed by atoms with Gasteiger partial charge < -0.3 is 9.64 Å². The van der Waals surface area contributed by atoms with Gasteiger partial charge in [0.05, 0.1) is 0 Å². The van der Waals surface area contributed by atoms with E-state index < -0.39 is 0 Å². The second-order valence-corrected chi connectivity index (χ2v) is 7.25. The first-order chi connectivity index (χ1) is 10.1. The first-order valence-electron chi connectivity index (χ1n) is 6.99. The van der Waals surface area contributed by atoms with Gasteiger partial charge in [0.2, 0.25) is 0 Å². The van der Waals surface area contributed by atoms with Crippen molar-refractivity contribution in [1.29, 1.82) is 0 Å². The van der Waals surface area contributed by atoms with Gasteiger partial charge in [-0.2, -0.15) is 0 Å². The molecule has 0 bridgehead atoms.